The molecule has 2 aliphatic carbocycles. The van der Waals surface area contributed by atoms with Gasteiger partial charge in [0.1, 0.15) is 0 Å². The van der Waals surface area contributed by atoms with E-state index in [0.29, 0.717) is 13.0 Å². The number of halogens is 2. The first-order chi connectivity index (χ1) is 10.7. The topological polar surface area (TPSA) is 53.6 Å². The number of hydrogen-bond acceptors (Lipinski definition) is 3. The van der Waals surface area contributed by atoms with Gasteiger partial charge in [-0.25, -0.2) is 8.78 Å². The van der Waals surface area contributed by atoms with Gasteiger partial charge in [-0.15, -0.1) is 0 Å². The molecule has 3 atom stereocenters. The van der Waals surface area contributed by atoms with Crippen molar-refractivity contribution < 1.29 is 8.78 Å². The Morgan fingerprint density at radius 2 is 2.27 bits per heavy atom. The van der Waals surface area contributed by atoms with E-state index in [1.807, 2.05) is 18.2 Å². The van der Waals surface area contributed by atoms with Crippen LogP contribution in [-0.4, -0.2) is 27.1 Å². The van der Waals surface area contributed by atoms with Gasteiger partial charge >= 0.3 is 0 Å². The zero-order valence-electron chi connectivity index (χ0n) is 12.1. The van der Waals surface area contributed by atoms with Crippen LogP contribution in [0, 0.1) is 11.8 Å². The number of rotatable bonds is 4. The van der Waals surface area contributed by atoms with Gasteiger partial charge in [0.05, 0.1) is 5.69 Å². The van der Waals surface area contributed by atoms with Gasteiger partial charge in [0, 0.05) is 48.1 Å². The molecule has 3 unspecified atom stereocenters. The number of nitrogens with one attached hydrogen (secondary N) is 2. The Labute approximate surface area is 127 Å². The number of hydrogen-bond donors (Lipinski definition) is 2. The summed E-state index contributed by atoms with van der Waals surface area (Å²) >= 11 is 0. The molecule has 6 heteroatoms. The summed E-state index contributed by atoms with van der Waals surface area (Å²) in [7, 11) is 0. The van der Waals surface area contributed by atoms with E-state index in [1.165, 1.54) is 0 Å². The minimum Gasteiger partial charge on any atom is -0.308 e. The van der Waals surface area contributed by atoms with Crippen LogP contribution in [0.15, 0.2) is 30.6 Å². The van der Waals surface area contributed by atoms with E-state index in [-0.39, 0.29) is 6.04 Å². The van der Waals surface area contributed by atoms with Gasteiger partial charge in [0.2, 0.25) is 0 Å². The molecule has 4 nitrogen and oxygen atoms in total. The lowest BCUT2D eigenvalue weighted by atomic mass is 9.95. The van der Waals surface area contributed by atoms with Crippen molar-refractivity contribution in [3.8, 4) is 11.3 Å². The van der Waals surface area contributed by atoms with Crippen molar-refractivity contribution in [2.45, 2.75) is 37.8 Å². The van der Waals surface area contributed by atoms with Crippen molar-refractivity contribution in [1.29, 1.82) is 0 Å². The highest BCUT2D eigenvalue weighted by Gasteiger charge is 2.70. The predicted molar refractivity (Wildman–Crippen MR) is 78.2 cm³/mol. The molecule has 116 valence electrons. The van der Waals surface area contributed by atoms with Crippen molar-refractivity contribution in [3.63, 3.8) is 0 Å². The molecule has 2 heterocycles. The lowest BCUT2D eigenvalue weighted by Crippen LogP contribution is -2.34. The monoisotopic (exact) mass is 304 g/mol. The van der Waals surface area contributed by atoms with E-state index in [9.17, 15) is 8.78 Å². The molecule has 0 aromatic carbocycles. The van der Waals surface area contributed by atoms with Crippen molar-refractivity contribution in [1.82, 2.24) is 20.5 Å². The van der Waals surface area contributed by atoms with Crippen LogP contribution in [0.5, 0.6) is 0 Å². The van der Waals surface area contributed by atoms with Crippen molar-refractivity contribution >= 4 is 0 Å². The van der Waals surface area contributed by atoms with Gasteiger partial charge < -0.3 is 5.32 Å². The second-order valence-electron chi connectivity index (χ2n) is 6.25. The number of aromatic nitrogens is 3. The molecule has 2 N–H and O–H groups in total. The molecule has 2 fully saturated rings. The van der Waals surface area contributed by atoms with Gasteiger partial charge in [-0.05, 0) is 31.0 Å². The average Bonchev–Trinajstić information content (AvgIpc) is 2.90. The number of alkyl halides is 2. The lowest BCUT2D eigenvalue weighted by molar-refractivity contribution is 0.0804. The zero-order chi connectivity index (χ0) is 15.2. The van der Waals surface area contributed by atoms with E-state index < -0.39 is 17.8 Å². The summed E-state index contributed by atoms with van der Waals surface area (Å²) < 4.78 is 27.3. The van der Waals surface area contributed by atoms with E-state index >= 15 is 0 Å². The van der Waals surface area contributed by atoms with Gasteiger partial charge in [-0.2, -0.15) is 5.10 Å². The molecule has 4 rings (SSSR count). The van der Waals surface area contributed by atoms with Crippen molar-refractivity contribution in [2.24, 2.45) is 11.8 Å². The van der Waals surface area contributed by atoms with Crippen LogP contribution in [0.4, 0.5) is 8.78 Å². The van der Waals surface area contributed by atoms with E-state index in [1.54, 1.807) is 12.4 Å². The lowest BCUT2D eigenvalue weighted by Gasteiger charge is -2.21. The first-order valence-corrected chi connectivity index (χ1v) is 7.72. The van der Waals surface area contributed by atoms with Crippen LogP contribution < -0.4 is 5.32 Å². The highest BCUT2D eigenvalue weighted by molar-refractivity contribution is 5.57. The Hall–Kier alpha value is -1.82. The van der Waals surface area contributed by atoms with Crippen LogP contribution in [0.2, 0.25) is 0 Å². The summed E-state index contributed by atoms with van der Waals surface area (Å²) in [5, 5.41) is 10.5. The number of nitrogens with zero attached hydrogens (tertiary/aromatic N) is 2. The second-order valence-corrected chi connectivity index (χ2v) is 6.25. The fourth-order valence-electron chi connectivity index (χ4n) is 3.66. The number of fused-ring (bicyclic) bond motifs is 1. The van der Waals surface area contributed by atoms with Crippen molar-refractivity contribution in [3.05, 3.63) is 36.3 Å². The Balaban J connectivity index is 1.40. The first-order valence-electron chi connectivity index (χ1n) is 7.72. The van der Waals surface area contributed by atoms with Crippen molar-refractivity contribution in [2.75, 3.05) is 0 Å². The first kappa shape index (κ1) is 13.8. The maximum absolute atomic E-state index is 13.6. The van der Waals surface area contributed by atoms with Gasteiger partial charge in [-0.1, -0.05) is 6.42 Å². The molecule has 0 radical (unpaired) electrons. The largest absolute Gasteiger partial charge is 0.308 e. The van der Waals surface area contributed by atoms with Crippen LogP contribution >= 0.6 is 0 Å². The molecule has 2 saturated carbocycles. The summed E-state index contributed by atoms with van der Waals surface area (Å²) in [5.41, 5.74) is 2.67. The standard InChI is InChI=1S/C16H18F2N4/c17-16(18)12-4-1-5-13(15(12)16)20-9-11-7-14(22-21-11)10-3-2-6-19-8-10/h2-3,6-8,12-13,15,20H,1,4-5,9H2,(H,21,22). The quantitative estimate of drug-likeness (QED) is 0.913. The number of aromatic amines is 1. The molecule has 0 amide bonds. The Bertz CT molecular complexity index is 655. The normalized spacial score (nSPS) is 29.1. The fraction of sp³-hybridized carbons (Fsp3) is 0.500. The van der Waals surface area contributed by atoms with Gasteiger partial charge in [0.15, 0.2) is 0 Å². The molecule has 2 aliphatic rings. The maximum atomic E-state index is 13.6. The molecule has 22 heavy (non-hydrogen) atoms. The molecule has 0 aliphatic heterocycles. The second kappa shape index (κ2) is 5.12. The van der Waals surface area contributed by atoms with Crippen LogP contribution in [0.1, 0.15) is 25.0 Å². The predicted octanol–water partition coefficient (Wildman–Crippen LogP) is 3.00. The summed E-state index contributed by atoms with van der Waals surface area (Å²) in [6, 6.07) is 5.66. The number of H-pyrrole nitrogens is 1. The minimum absolute atomic E-state index is 0.0844. The van der Waals surface area contributed by atoms with E-state index in [2.05, 4.69) is 20.5 Å². The SMILES string of the molecule is FC1(F)C2CCCC(NCc3cc(-c4cccnc4)n[nH]3)C21. The zero-order valence-corrected chi connectivity index (χ0v) is 12.1. The molecule has 0 spiro atoms. The summed E-state index contributed by atoms with van der Waals surface area (Å²) in [6.45, 7) is 0.539. The Morgan fingerprint density at radius 3 is 3.09 bits per heavy atom. The van der Waals surface area contributed by atoms with E-state index in [0.717, 1.165) is 29.8 Å². The molecule has 0 saturated heterocycles. The maximum Gasteiger partial charge on any atom is 0.256 e. The highest BCUT2D eigenvalue weighted by atomic mass is 19.3. The fourth-order valence-corrected chi connectivity index (χ4v) is 3.66. The molecule has 2 aromatic rings. The van der Waals surface area contributed by atoms with E-state index in [4.69, 9.17) is 0 Å². The summed E-state index contributed by atoms with van der Waals surface area (Å²) in [6.07, 6.45) is 5.86. The third kappa shape index (κ3) is 2.31. The Kier molecular flexibility index (Phi) is 3.22. The average molecular weight is 304 g/mol. The third-order valence-electron chi connectivity index (χ3n) is 4.87. The summed E-state index contributed by atoms with van der Waals surface area (Å²) in [5.74, 6) is -3.32. The van der Waals surface area contributed by atoms with Crippen LogP contribution in [0.25, 0.3) is 11.3 Å². The molecule has 2 aromatic heterocycles. The van der Waals surface area contributed by atoms with Gasteiger partial charge in [-0.3, -0.25) is 10.1 Å². The highest BCUT2D eigenvalue weighted by Crippen LogP contribution is 2.62. The Morgan fingerprint density at radius 1 is 1.36 bits per heavy atom. The minimum atomic E-state index is -2.46. The molecule has 0 bridgehead atoms. The van der Waals surface area contributed by atoms with Gasteiger partial charge in [0.25, 0.3) is 5.92 Å². The van der Waals surface area contributed by atoms with Crippen LogP contribution in [-0.2, 0) is 6.54 Å². The smallest absolute Gasteiger partial charge is 0.256 e. The molecular weight excluding hydrogens is 286 g/mol. The number of pyridine rings is 1. The summed E-state index contributed by atoms with van der Waals surface area (Å²) in [4.78, 5) is 4.07. The molecular formula is C16H18F2N4. The third-order valence-corrected chi connectivity index (χ3v) is 4.87. The van der Waals surface area contributed by atoms with Crippen LogP contribution in [0.3, 0.4) is 0 Å².